The highest BCUT2D eigenvalue weighted by Crippen LogP contribution is 2.25. The number of benzene rings is 1. The van der Waals surface area contributed by atoms with Gasteiger partial charge in [-0.1, -0.05) is 23.4 Å². The van der Waals surface area contributed by atoms with E-state index in [2.05, 4.69) is 10.1 Å². The summed E-state index contributed by atoms with van der Waals surface area (Å²) in [5, 5.41) is 16.9. The lowest BCUT2D eigenvalue weighted by atomic mass is 10.1. The third kappa shape index (κ3) is 3.50. The van der Waals surface area contributed by atoms with E-state index in [1.165, 1.54) is 6.07 Å². The van der Waals surface area contributed by atoms with Gasteiger partial charge in [0.1, 0.15) is 0 Å². The highest BCUT2D eigenvalue weighted by atomic mass is 32.1. The number of aromatic nitrogens is 2. The van der Waals surface area contributed by atoms with Crippen LogP contribution in [0.5, 0.6) is 0 Å². The molecule has 3 aromatic rings. The Hall–Kier alpha value is -2.58. The number of non-ortho nitro benzene ring substituents is 1. The number of rotatable bonds is 6. The molecule has 0 amide bonds. The Morgan fingerprint density at radius 1 is 1.38 bits per heavy atom. The fourth-order valence-corrected chi connectivity index (χ4v) is 2.98. The van der Waals surface area contributed by atoms with Crippen molar-refractivity contribution in [1.82, 2.24) is 15.0 Å². The number of nitro groups is 1. The van der Waals surface area contributed by atoms with Crippen molar-refractivity contribution < 1.29 is 9.45 Å². The molecule has 0 saturated heterocycles. The van der Waals surface area contributed by atoms with Gasteiger partial charge in [0.2, 0.25) is 11.7 Å². The largest absolute Gasteiger partial charge is 0.338 e. The zero-order valence-electron chi connectivity index (χ0n) is 13.2. The Labute approximate surface area is 142 Å². The van der Waals surface area contributed by atoms with E-state index in [1.807, 2.05) is 42.5 Å². The minimum absolute atomic E-state index is 0.0259. The fourth-order valence-electron chi connectivity index (χ4n) is 2.33. The maximum Gasteiger partial charge on any atom is 0.269 e. The third-order valence-corrected chi connectivity index (χ3v) is 4.68. The van der Waals surface area contributed by atoms with E-state index in [1.54, 1.807) is 23.5 Å². The molecule has 0 aliphatic carbocycles. The number of hydrogen-bond donors (Lipinski definition) is 0. The van der Waals surface area contributed by atoms with Gasteiger partial charge in [-0.25, -0.2) is 0 Å². The van der Waals surface area contributed by atoms with Crippen LogP contribution < -0.4 is 0 Å². The molecule has 2 aromatic heterocycles. The summed E-state index contributed by atoms with van der Waals surface area (Å²) < 4.78 is 5.30. The molecule has 0 spiro atoms. The van der Waals surface area contributed by atoms with Gasteiger partial charge in [-0.2, -0.15) is 4.98 Å². The maximum atomic E-state index is 10.9. The summed E-state index contributed by atoms with van der Waals surface area (Å²) in [5.41, 5.74) is 0.954. The Balaban J connectivity index is 1.71. The first-order chi connectivity index (χ1) is 11.5. The molecule has 24 heavy (non-hydrogen) atoms. The van der Waals surface area contributed by atoms with Crippen LogP contribution in [0.4, 0.5) is 5.69 Å². The van der Waals surface area contributed by atoms with Crippen molar-refractivity contribution in [2.75, 3.05) is 7.05 Å². The van der Waals surface area contributed by atoms with Crippen molar-refractivity contribution in [3.63, 3.8) is 0 Å². The van der Waals surface area contributed by atoms with Crippen LogP contribution in [0.25, 0.3) is 10.7 Å². The van der Waals surface area contributed by atoms with E-state index in [9.17, 15) is 10.1 Å². The van der Waals surface area contributed by atoms with Crippen LogP contribution in [0.15, 0.2) is 46.3 Å². The lowest BCUT2D eigenvalue weighted by molar-refractivity contribution is -0.384. The van der Waals surface area contributed by atoms with Crippen LogP contribution in [-0.4, -0.2) is 27.0 Å². The van der Waals surface area contributed by atoms with Gasteiger partial charge < -0.3 is 4.52 Å². The summed E-state index contributed by atoms with van der Waals surface area (Å²) in [7, 11) is 1.92. The first kappa shape index (κ1) is 16.3. The standard InChI is InChI=1S/C16H16N4O3S/c1-11(12-5-3-6-13(9-12)20(21)22)19(2)10-15-17-16(18-23-15)14-7-4-8-24-14/h3-9,11H,10H2,1-2H3/t11-/m0/s1. The SMILES string of the molecule is C[C@@H](c1cccc([N+](=O)[O-])c1)N(C)Cc1nc(-c2cccs2)no1. The van der Waals surface area contributed by atoms with Crippen LogP contribution in [0.2, 0.25) is 0 Å². The van der Waals surface area contributed by atoms with E-state index in [0.29, 0.717) is 18.3 Å². The molecule has 124 valence electrons. The molecule has 7 nitrogen and oxygen atoms in total. The first-order valence-corrected chi connectivity index (χ1v) is 8.23. The second kappa shape index (κ2) is 6.90. The molecule has 8 heteroatoms. The molecule has 0 fully saturated rings. The Bertz CT molecular complexity index is 831. The van der Waals surface area contributed by atoms with E-state index in [4.69, 9.17) is 4.52 Å². The van der Waals surface area contributed by atoms with Crippen LogP contribution in [0.3, 0.4) is 0 Å². The second-order valence-corrected chi connectivity index (χ2v) is 6.38. The number of nitrogens with zero attached hydrogens (tertiary/aromatic N) is 4. The average Bonchev–Trinajstić information content (AvgIpc) is 3.25. The molecule has 0 saturated carbocycles. The average molecular weight is 344 g/mol. The molecular formula is C16H16N4O3S. The van der Waals surface area contributed by atoms with Crippen LogP contribution in [-0.2, 0) is 6.54 Å². The van der Waals surface area contributed by atoms with Crippen molar-refractivity contribution in [1.29, 1.82) is 0 Å². The second-order valence-electron chi connectivity index (χ2n) is 5.43. The van der Waals surface area contributed by atoms with Crippen molar-refractivity contribution in [2.24, 2.45) is 0 Å². The van der Waals surface area contributed by atoms with E-state index < -0.39 is 0 Å². The summed E-state index contributed by atoms with van der Waals surface area (Å²) in [6.45, 7) is 2.44. The lowest BCUT2D eigenvalue weighted by Crippen LogP contribution is -2.22. The zero-order chi connectivity index (χ0) is 17.1. The van der Waals surface area contributed by atoms with Gasteiger partial charge in [-0.15, -0.1) is 11.3 Å². The van der Waals surface area contributed by atoms with Crippen LogP contribution >= 0.6 is 11.3 Å². The predicted molar refractivity (Wildman–Crippen MR) is 90.6 cm³/mol. The van der Waals surface area contributed by atoms with Gasteiger partial charge in [-0.3, -0.25) is 15.0 Å². The molecule has 0 bridgehead atoms. The van der Waals surface area contributed by atoms with E-state index >= 15 is 0 Å². The molecule has 0 aliphatic rings. The highest BCUT2D eigenvalue weighted by Gasteiger charge is 2.18. The molecule has 1 atom stereocenters. The molecule has 1 aromatic carbocycles. The summed E-state index contributed by atoms with van der Waals surface area (Å²) in [6, 6.07) is 10.5. The minimum Gasteiger partial charge on any atom is -0.338 e. The van der Waals surface area contributed by atoms with Crippen molar-refractivity contribution in [2.45, 2.75) is 19.5 Å². The van der Waals surface area contributed by atoms with Crippen molar-refractivity contribution >= 4 is 17.0 Å². The summed E-state index contributed by atoms with van der Waals surface area (Å²) >= 11 is 1.55. The van der Waals surface area contributed by atoms with Gasteiger partial charge >= 0.3 is 0 Å². The van der Waals surface area contributed by atoms with Crippen molar-refractivity contribution in [3.05, 3.63) is 63.3 Å². The molecular weight excluding hydrogens is 328 g/mol. The molecule has 0 radical (unpaired) electrons. The summed E-state index contributed by atoms with van der Waals surface area (Å²) in [4.78, 5) is 17.9. The molecule has 0 aliphatic heterocycles. The van der Waals surface area contributed by atoms with E-state index in [-0.39, 0.29) is 16.7 Å². The van der Waals surface area contributed by atoms with Gasteiger partial charge in [-0.05, 0) is 31.0 Å². The molecule has 3 rings (SSSR count). The number of thiophene rings is 1. The third-order valence-electron chi connectivity index (χ3n) is 3.82. The van der Waals surface area contributed by atoms with Crippen LogP contribution in [0.1, 0.15) is 24.4 Å². The van der Waals surface area contributed by atoms with Gasteiger partial charge in [0.15, 0.2) is 0 Å². The van der Waals surface area contributed by atoms with Crippen molar-refractivity contribution in [3.8, 4) is 10.7 Å². The first-order valence-electron chi connectivity index (χ1n) is 7.35. The predicted octanol–water partition coefficient (Wildman–Crippen LogP) is 3.90. The summed E-state index contributed by atoms with van der Waals surface area (Å²) in [5.74, 6) is 1.09. The molecule has 0 unspecified atom stereocenters. The number of hydrogen-bond acceptors (Lipinski definition) is 7. The monoisotopic (exact) mass is 344 g/mol. The lowest BCUT2D eigenvalue weighted by Gasteiger charge is -2.23. The van der Waals surface area contributed by atoms with Gasteiger partial charge in [0.25, 0.3) is 5.69 Å². The quantitative estimate of drug-likeness (QED) is 0.498. The minimum atomic E-state index is -0.387. The number of nitro benzene ring substituents is 1. The zero-order valence-corrected chi connectivity index (χ0v) is 14.1. The van der Waals surface area contributed by atoms with E-state index in [0.717, 1.165) is 10.4 Å². The van der Waals surface area contributed by atoms with Gasteiger partial charge in [0, 0.05) is 18.2 Å². The molecule has 0 N–H and O–H groups in total. The Kier molecular flexibility index (Phi) is 4.68. The van der Waals surface area contributed by atoms with Gasteiger partial charge in [0.05, 0.1) is 16.3 Å². The summed E-state index contributed by atoms with van der Waals surface area (Å²) in [6.07, 6.45) is 0. The smallest absolute Gasteiger partial charge is 0.269 e. The topological polar surface area (TPSA) is 85.3 Å². The normalized spacial score (nSPS) is 12.5. The fraction of sp³-hybridized carbons (Fsp3) is 0.250. The Morgan fingerprint density at radius 3 is 2.92 bits per heavy atom. The Morgan fingerprint density at radius 2 is 2.21 bits per heavy atom. The van der Waals surface area contributed by atoms with Crippen LogP contribution in [0, 0.1) is 10.1 Å². The highest BCUT2D eigenvalue weighted by molar-refractivity contribution is 7.13. The maximum absolute atomic E-state index is 10.9. The molecule has 2 heterocycles.